The molecule has 0 saturated carbocycles. The molecule has 2 heterocycles. The smallest absolute Gasteiger partial charge is 0.357 e. The molecule has 0 spiro atoms. The van der Waals surface area contributed by atoms with Crippen molar-refractivity contribution in [2.75, 3.05) is 6.61 Å². The maximum absolute atomic E-state index is 11.5. The molecule has 0 amide bonds. The highest BCUT2D eigenvalue weighted by Crippen LogP contribution is 2.15. The second kappa shape index (κ2) is 5.68. The summed E-state index contributed by atoms with van der Waals surface area (Å²) in [5.41, 5.74) is 0.830. The Morgan fingerprint density at radius 3 is 2.83 bits per heavy atom. The van der Waals surface area contributed by atoms with E-state index < -0.39 is 5.97 Å². The predicted molar refractivity (Wildman–Crippen MR) is 68.9 cm³/mol. The highest BCUT2D eigenvalue weighted by Gasteiger charge is 2.10. The molecule has 5 nitrogen and oxygen atoms in total. The zero-order valence-corrected chi connectivity index (χ0v) is 11.2. The van der Waals surface area contributed by atoms with Crippen LogP contribution in [0, 0.1) is 0 Å². The Hall–Kier alpha value is -1.82. The number of halogens is 1. The second-order valence-corrected chi connectivity index (χ2v) is 4.26. The van der Waals surface area contributed by atoms with Crippen molar-refractivity contribution in [1.82, 2.24) is 15.0 Å². The van der Waals surface area contributed by atoms with E-state index in [0.29, 0.717) is 18.1 Å². The van der Waals surface area contributed by atoms with Crippen molar-refractivity contribution in [3.05, 3.63) is 40.8 Å². The molecule has 2 rings (SSSR count). The molecule has 2 aromatic rings. The summed E-state index contributed by atoms with van der Waals surface area (Å²) in [5.74, 6) is -0.0636. The molecular weight excluding hydrogens is 298 g/mol. The normalized spacial score (nSPS) is 10.1. The van der Waals surface area contributed by atoms with Crippen molar-refractivity contribution in [3.8, 4) is 11.5 Å². The van der Waals surface area contributed by atoms with E-state index in [-0.39, 0.29) is 5.69 Å². The molecule has 0 aliphatic rings. The van der Waals surface area contributed by atoms with Gasteiger partial charge in [-0.05, 0) is 41.1 Å². The molecule has 0 N–H and O–H groups in total. The third kappa shape index (κ3) is 2.89. The summed E-state index contributed by atoms with van der Waals surface area (Å²) in [6.45, 7) is 2.06. The molecule has 0 bridgehead atoms. The van der Waals surface area contributed by atoms with E-state index in [2.05, 4.69) is 30.9 Å². The molecule has 0 fully saturated rings. The van der Waals surface area contributed by atoms with Crippen molar-refractivity contribution in [3.63, 3.8) is 0 Å². The minimum Gasteiger partial charge on any atom is -0.461 e. The number of hydrogen-bond donors (Lipinski definition) is 0. The summed E-state index contributed by atoms with van der Waals surface area (Å²) in [6, 6.07) is 5.12. The number of ether oxygens (including phenoxy) is 1. The summed E-state index contributed by atoms with van der Waals surface area (Å²) in [6.07, 6.45) is 3.16. The van der Waals surface area contributed by atoms with E-state index >= 15 is 0 Å². The third-order valence-corrected chi connectivity index (χ3v) is 2.57. The molecular formula is C12H10BrN3O2. The third-order valence-electron chi connectivity index (χ3n) is 2.10. The highest BCUT2D eigenvalue weighted by molar-refractivity contribution is 9.10. The van der Waals surface area contributed by atoms with Gasteiger partial charge in [-0.15, -0.1) is 0 Å². The molecule has 0 aliphatic heterocycles. The van der Waals surface area contributed by atoms with Crippen molar-refractivity contribution in [2.45, 2.75) is 6.92 Å². The fraction of sp³-hybridized carbons (Fsp3) is 0.167. The van der Waals surface area contributed by atoms with E-state index in [1.165, 1.54) is 12.3 Å². The molecule has 0 aromatic carbocycles. The van der Waals surface area contributed by atoms with Crippen LogP contribution in [0.5, 0.6) is 0 Å². The van der Waals surface area contributed by atoms with E-state index in [4.69, 9.17) is 4.74 Å². The van der Waals surface area contributed by atoms with Gasteiger partial charge in [0.1, 0.15) is 5.69 Å². The number of carbonyl (C=O) groups is 1. The van der Waals surface area contributed by atoms with Crippen molar-refractivity contribution in [2.24, 2.45) is 0 Å². The van der Waals surface area contributed by atoms with Crippen LogP contribution in [0.25, 0.3) is 11.5 Å². The van der Waals surface area contributed by atoms with E-state index in [1.807, 2.05) is 6.07 Å². The largest absolute Gasteiger partial charge is 0.461 e. The van der Waals surface area contributed by atoms with Crippen LogP contribution in [-0.4, -0.2) is 27.5 Å². The van der Waals surface area contributed by atoms with Gasteiger partial charge in [-0.2, -0.15) is 0 Å². The monoisotopic (exact) mass is 307 g/mol. The summed E-state index contributed by atoms with van der Waals surface area (Å²) in [4.78, 5) is 23.9. The van der Waals surface area contributed by atoms with E-state index in [9.17, 15) is 4.79 Å². The summed E-state index contributed by atoms with van der Waals surface area (Å²) < 4.78 is 5.75. The number of pyridine rings is 1. The zero-order valence-electron chi connectivity index (χ0n) is 9.63. The Balaban J connectivity index is 2.32. The summed E-state index contributed by atoms with van der Waals surface area (Å²) in [7, 11) is 0. The lowest BCUT2D eigenvalue weighted by molar-refractivity contribution is 0.0519. The van der Waals surface area contributed by atoms with Crippen LogP contribution >= 0.6 is 15.9 Å². The van der Waals surface area contributed by atoms with E-state index in [0.717, 1.165) is 4.47 Å². The van der Waals surface area contributed by atoms with Crippen molar-refractivity contribution >= 4 is 21.9 Å². The molecule has 92 valence electrons. The molecule has 0 saturated heterocycles. The van der Waals surface area contributed by atoms with Crippen LogP contribution in [0.2, 0.25) is 0 Å². The van der Waals surface area contributed by atoms with Crippen molar-refractivity contribution in [1.29, 1.82) is 0 Å². The molecule has 2 aromatic heterocycles. The first-order valence-electron chi connectivity index (χ1n) is 5.33. The topological polar surface area (TPSA) is 65.0 Å². The first kappa shape index (κ1) is 12.6. The first-order valence-corrected chi connectivity index (χ1v) is 6.12. The van der Waals surface area contributed by atoms with Gasteiger partial charge in [0.25, 0.3) is 0 Å². The molecule has 6 heteroatoms. The first-order chi connectivity index (χ1) is 8.70. The van der Waals surface area contributed by atoms with Gasteiger partial charge in [-0.25, -0.2) is 14.8 Å². The minimum atomic E-state index is -0.460. The average Bonchev–Trinajstić information content (AvgIpc) is 2.40. The number of nitrogens with zero attached hydrogens (tertiary/aromatic N) is 3. The van der Waals surface area contributed by atoms with Gasteiger partial charge in [0, 0.05) is 16.9 Å². The number of esters is 1. The van der Waals surface area contributed by atoms with Crippen LogP contribution in [0.4, 0.5) is 0 Å². The van der Waals surface area contributed by atoms with Gasteiger partial charge in [0.05, 0.1) is 6.61 Å². The SMILES string of the molecule is CCOC(=O)c1ccnc(-c2ccc(Br)cn2)n1. The van der Waals surface area contributed by atoms with Gasteiger partial charge >= 0.3 is 5.97 Å². The maximum Gasteiger partial charge on any atom is 0.357 e. The van der Waals surface area contributed by atoms with Gasteiger partial charge in [0.15, 0.2) is 11.5 Å². The van der Waals surface area contributed by atoms with Crippen LogP contribution in [0.1, 0.15) is 17.4 Å². The maximum atomic E-state index is 11.5. The van der Waals surface area contributed by atoms with Crippen LogP contribution in [-0.2, 0) is 4.74 Å². The molecule has 18 heavy (non-hydrogen) atoms. The molecule has 0 unspecified atom stereocenters. The van der Waals surface area contributed by atoms with Crippen LogP contribution in [0.3, 0.4) is 0 Å². The minimum absolute atomic E-state index is 0.228. The van der Waals surface area contributed by atoms with Gasteiger partial charge in [-0.1, -0.05) is 0 Å². The lowest BCUT2D eigenvalue weighted by Crippen LogP contribution is -2.08. The van der Waals surface area contributed by atoms with Crippen molar-refractivity contribution < 1.29 is 9.53 Å². The second-order valence-electron chi connectivity index (χ2n) is 3.35. The lowest BCUT2D eigenvalue weighted by Gasteiger charge is -2.03. The lowest BCUT2D eigenvalue weighted by atomic mass is 10.3. The van der Waals surface area contributed by atoms with Crippen LogP contribution < -0.4 is 0 Å². The fourth-order valence-corrected chi connectivity index (χ4v) is 1.54. The Labute approximate surface area is 112 Å². The zero-order chi connectivity index (χ0) is 13.0. The number of aromatic nitrogens is 3. The van der Waals surface area contributed by atoms with Gasteiger partial charge < -0.3 is 4.74 Å². The van der Waals surface area contributed by atoms with Crippen LogP contribution in [0.15, 0.2) is 35.1 Å². The molecule has 0 radical (unpaired) electrons. The predicted octanol–water partition coefficient (Wildman–Crippen LogP) is 2.48. The number of rotatable bonds is 3. The Morgan fingerprint density at radius 1 is 1.33 bits per heavy atom. The Morgan fingerprint density at radius 2 is 2.17 bits per heavy atom. The van der Waals surface area contributed by atoms with Gasteiger partial charge in [0.2, 0.25) is 0 Å². The summed E-state index contributed by atoms with van der Waals surface area (Å²) >= 11 is 3.30. The standard InChI is InChI=1S/C12H10BrN3O2/c1-2-18-12(17)10-5-6-14-11(16-10)9-4-3-8(13)7-15-9/h3-7H,2H2,1H3. The Bertz CT molecular complexity index is 558. The van der Waals surface area contributed by atoms with Gasteiger partial charge in [-0.3, -0.25) is 4.98 Å². The fourth-order valence-electron chi connectivity index (χ4n) is 1.31. The highest BCUT2D eigenvalue weighted by atomic mass is 79.9. The number of hydrogen-bond acceptors (Lipinski definition) is 5. The summed E-state index contributed by atoms with van der Waals surface area (Å²) in [5, 5.41) is 0. The quantitative estimate of drug-likeness (QED) is 0.815. The molecule has 0 atom stereocenters. The Kier molecular flexibility index (Phi) is 3.99. The average molecular weight is 308 g/mol. The van der Waals surface area contributed by atoms with E-state index in [1.54, 1.807) is 19.2 Å². The number of carbonyl (C=O) groups excluding carboxylic acids is 1. The molecule has 0 aliphatic carbocycles.